The van der Waals surface area contributed by atoms with E-state index in [0.717, 1.165) is 0 Å². The number of fused-ring (bicyclic) bond motifs is 1. The van der Waals surface area contributed by atoms with Crippen LogP contribution in [0.5, 0.6) is 0 Å². The summed E-state index contributed by atoms with van der Waals surface area (Å²) in [6.07, 6.45) is 0.648. The molecule has 1 fully saturated rings. The summed E-state index contributed by atoms with van der Waals surface area (Å²) < 4.78 is 11.5. The Morgan fingerprint density at radius 1 is 1.11 bits per heavy atom. The number of nitrogens with zero attached hydrogens (tertiary/aromatic N) is 4. The van der Waals surface area contributed by atoms with E-state index in [0.29, 0.717) is 49.5 Å². The Morgan fingerprint density at radius 2 is 1.86 bits per heavy atom. The van der Waals surface area contributed by atoms with Crippen molar-refractivity contribution in [1.29, 1.82) is 0 Å². The smallest absolute Gasteiger partial charge is 0.408 e. The lowest BCUT2D eigenvalue weighted by Gasteiger charge is -2.21. The van der Waals surface area contributed by atoms with Crippen molar-refractivity contribution in [2.75, 3.05) is 26.2 Å². The number of carbonyl (C=O) groups excluding carboxylic acids is 2. The molecule has 3 aromatic rings. The molecule has 0 saturated carbocycles. The molecule has 0 atom stereocenters. The van der Waals surface area contributed by atoms with E-state index in [1.54, 1.807) is 47.1 Å². The van der Waals surface area contributed by atoms with E-state index in [1.165, 1.54) is 4.57 Å². The number of amides is 2. The highest BCUT2D eigenvalue weighted by atomic mass is 16.5. The minimum atomic E-state index is -0.553. The zero-order valence-electron chi connectivity index (χ0n) is 15.5. The van der Waals surface area contributed by atoms with Crippen LogP contribution in [0.2, 0.25) is 0 Å². The van der Waals surface area contributed by atoms with Gasteiger partial charge in [0, 0.05) is 32.2 Å². The molecule has 28 heavy (non-hydrogen) atoms. The lowest BCUT2D eigenvalue weighted by atomic mass is 10.3. The van der Waals surface area contributed by atoms with Crippen LogP contribution >= 0.6 is 0 Å². The minimum absolute atomic E-state index is 0.0910. The molecule has 0 radical (unpaired) electrons. The highest BCUT2D eigenvalue weighted by Gasteiger charge is 2.25. The molecule has 1 saturated heterocycles. The predicted molar refractivity (Wildman–Crippen MR) is 98.8 cm³/mol. The molecule has 9 nitrogen and oxygen atoms in total. The van der Waals surface area contributed by atoms with E-state index in [4.69, 9.17) is 8.94 Å². The summed E-state index contributed by atoms with van der Waals surface area (Å²) in [6, 6.07) is 8.61. The lowest BCUT2D eigenvalue weighted by molar-refractivity contribution is -0.131. The van der Waals surface area contributed by atoms with Crippen molar-refractivity contribution in [3.8, 4) is 0 Å². The number of aromatic nitrogens is 2. The molecule has 0 aliphatic carbocycles. The first-order valence-corrected chi connectivity index (χ1v) is 9.11. The number of hydrogen-bond acceptors (Lipinski definition) is 6. The summed E-state index contributed by atoms with van der Waals surface area (Å²) in [5.41, 5.74) is 1.32. The van der Waals surface area contributed by atoms with E-state index in [-0.39, 0.29) is 24.1 Å². The Hall–Kier alpha value is -3.36. The summed E-state index contributed by atoms with van der Waals surface area (Å²) in [4.78, 5) is 40.7. The number of benzene rings is 1. The van der Waals surface area contributed by atoms with Crippen LogP contribution in [0, 0.1) is 6.92 Å². The second kappa shape index (κ2) is 7.34. The normalized spacial score (nSPS) is 15.0. The van der Waals surface area contributed by atoms with Crippen LogP contribution in [0.25, 0.3) is 11.1 Å². The Bertz CT molecular complexity index is 1080. The van der Waals surface area contributed by atoms with Crippen LogP contribution in [0.4, 0.5) is 0 Å². The molecular weight excluding hydrogens is 364 g/mol. The molecule has 146 valence electrons. The van der Waals surface area contributed by atoms with E-state index in [1.807, 2.05) is 0 Å². The van der Waals surface area contributed by atoms with Gasteiger partial charge in [-0.25, -0.2) is 4.79 Å². The van der Waals surface area contributed by atoms with Gasteiger partial charge in [0.05, 0.1) is 5.52 Å². The highest BCUT2D eigenvalue weighted by molar-refractivity contribution is 5.92. The van der Waals surface area contributed by atoms with Gasteiger partial charge in [-0.15, -0.1) is 0 Å². The van der Waals surface area contributed by atoms with Crippen LogP contribution in [-0.4, -0.2) is 57.5 Å². The summed E-state index contributed by atoms with van der Waals surface area (Å²) >= 11 is 0. The second-order valence-corrected chi connectivity index (χ2v) is 6.77. The molecule has 3 heterocycles. The standard InChI is InChI=1S/C19H20N4O5/c1-13-11-14(20-28-13)18(25)22-8-4-7-21(9-10-22)17(24)12-23-15-5-2-3-6-16(15)27-19(23)26/h2-3,5-6,11H,4,7-10,12H2,1H3. The largest absolute Gasteiger partial charge is 0.420 e. The molecule has 1 aliphatic rings. The van der Waals surface area contributed by atoms with Crippen molar-refractivity contribution in [1.82, 2.24) is 19.5 Å². The van der Waals surface area contributed by atoms with Gasteiger partial charge in [-0.05, 0) is 25.5 Å². The van der Waals surface area contributed by atoms with Crippen molar-refractivity contribution < 1.29 is 18.5 Å². The van der Waals surface area contributed by atoms with Gasteiger partial charge in [-0.2, -0.15) is 0 Å². The number of hydrogen-bond donors (Lipinski definition) is 0. The number of rotatable bonds is 3. The van der Waals surface area contributed by atoms with Gasteiger partial charge >= 0.3 is 5.76 Å². The molecule has 0 bridgehead atoms. The fourth-order valence-electron chi connectivity index (χ4n) is 3.40. The molecule has 1 aromatic carbocycles. The SMILES string of the molecule is Cc1cc(C(=O)N2CCCN(C(=O)Cn3c(=O)oc4ccccc43)CC2)no1. The number of oxazole rings is 1. The highest BCUT2D eigenvalue weighted by Crippen LogP contribution is 2.13. The molecule has 4 rings (SSSR count). The van der Waals surface area contributed by atoms with Crippen LogP contribution in [-0.2, 0) is 11.3 Å². The summed E-state index contributed by atoms with van der Waals surface area (Å²) in [5.74, 6) is -0.362. The first kappa shape index (κ1) is 18.0. The molecule has 9 heteroatoms. The zero-order chi connectivity index (χ0) is 19.7. The van der Waals surface area contributed by atoms with E-state index >= 15 is 0 Å². The zero-order valence-corrected chi connectivity index (χ0v) is 15.5. The van der Waals surface area contributed by atoms with Gasteiger partial charge in [0.15, 0.2) is 11.3 Å². The maximum Gasteiger partial charge on any atom is 0.420 e. The maximum absolute atomic E-state index is 12.8. The monoisotopic (exact) mass is 384 g/mol. The van der Waals surface area contributed by atoms with Gasteiger partial charge in [-0.1, -0.05) is 17.3 Å². The van der Waals surface area contributed by atoms with Crippen molar-refractivity contribution in [3.05, 3.63) is 52.3 Å². The lowest BCUT2D eigenvalue weighted by Crippen LogP contribution is -2.39. The Balaban J connectivity index is 1.44. The summed E-state index contributed by atoms with van der Waals surface area (Å²) in [6.45, 7) is 3.48. The average molecular weight is 384 g/mol. The summed E-state index contributed by atoms with van der Waals surface area (Å²) in [7, 11) is 0. The Labute approximate surface area is 160 Å². The molecule has 0 spiro atoms. The predicted octanol–water partition coefficient (Wildman–Crippen LogP) is 1.27. The second-order valence-electron chi connectivity index (χ2n) is 6.77. The van der Waals surface area contributed by atoms with Crippen LogP contribution in [0.1, 0.15) is 22.7 Å². The van der Waals surface area contributed by atoms with Crippen LogP contribution in [0.15, 0.2) is 44.1 Å². The molecule has 1 aliphatic heterocycles. The van der Waals surface area contributed by atoms with Gasteiger partial charge in [-0.3, -0.25) is 14.2 Å². The third-order valence-electron chi connectivity index (χ3n) is 4.85. The van der Waals surface area contributed by atoms with Crippen molar-refractivity contribution in [2.24, 2.45) is 0 Å². The first-order chi connectivity index (χ1) is 13.5. The fraction of sp³-hybridized carbons (Fsp3) is 0.368. The Kier molecular flexibility index (Phi) is 4.72. The topological polar surface area (TPSA) is 102 Å². The van der Waals surface area contributed by atoms with Gasteiger partial charge in [0.25, 0.3) is 5.91 Å². The molecule has 2 amide bonds. The number of aryl methyl sites for hydroxylation is 1. The van der Waals surface area contributed by atoms with Crippen LogP contribution < -0.4 is 5.76 Å². The number of carbonyl (C=O) groups is 2. The third-order valence-corrected chi connectivity index (χ3v) is 4.85. The van der Waals surface area contributed by atoms with Crippen molar-refractivity contribution >= 4 is 22.9 Å². The van der Waals surface area contributed by atoms with Gasteiger partial charge < -0.3 is 18.7 Å². The molecule has 0 N–H and O–H groups in total. The third kappa shape index (κ3) is 3.42. The van der Waals surface area contributed by atoms with Gasteiger partial charge in [0.1, 0.15) is 12.3 Å². The van der Waals surface area contributed by atoms with E-state index < -0.39 is 5.76 Å². The molecule has 0 unspecified atom stereocenters. The van der Waals surface area contributed by atoms with Gasteiger partial charge in [0.2, 0.25) is 5.91 Å². The fourth-order valence-corrected chi connectivity index (χ4v) is 3.40. The first-order valence-electron chi connectivity index (χ1n) is 9.11. The summed E-state index contributed by atoms with van der Waals surface area (Å²) in [5, 5.41) is 3.77. The number of para-hydroxylation sites is 2. The molecule has 2 aromatic heterocycles. The Morgan fingerprint density at radius 3 is 2.64 bits per heavy atom. The van der Waals surface area contributed by atoms with Crippen molar-refractivity contribution in [3.63, 3.8) is 0 Å². The van der Waals surface area contributed by atoms with E-state index in [2.05, 4.69) is 5.16 Å². The van der Waals surface area contributed by atoms with Crippen molar-refractivity contribution in [2.45, 2.75) is 19.9 Å². The van der Waals surface area contributed by atoms with Crippen LogP contribution in [0.3, 0.4) is 0 Å². The minimum Gasteiger partial charge on any atom is -0.408 e. The quantitative estimate of drug-likeness (QED) is 0.674. The molecular formula is C19H20N4O5. The average Bonchev–Trinajstić information content (AvgIpc) is 3.14. The van der Waals surface area contributed by atoms with E-state index in [9.17, 15) is 14.4 Å². The maximum atomic E-state index is 12.8.